The van der Waals surface area contributed by atoms with Gasteiger partial charge in [-0.2, -0.15) is 0 Å². The molecule has 3 heteroatoms. The van der Waals surface area contributed by atoms with E-state index in [0.717, 1.165) is 25.1 Å². The molecule has 0 aliphatic carbocycles. The number of aryl methyl sites for hydroxylation is 1. The van der Waals surface area contributed by atoms with Crippen LogP contribution in [-0.2, 0) is 11.2 Å². The van der Waals surface area contributed by atoms with Crippen LogP contribution >= 0.6 is 0 Å². The summed E-state index contributed by atoms with van der Waals surface area (Å²) in [5.41, 5.74) is 2.14. The van der Waals surface area contributed by atoms with Crippen molar-refractivity contribution >= 4 is 11.6 Å². The Morgan fingerprint density at radius 3 is 3.00 bits per heavy atom. The molecule has 1 atom stereocenters. The number of carbonyl (C=O) groups excluding carboxylic acids is 1. The van der Waals surface area contributed by atoms with Gasteiger partial charge in [0.1, 0.15) is 0 Å². The third-order valence-electron chi connectivity index (χ3n) is 2.74. The number of rotatable bonds is 3. The van der Waals surface area contributed by atoms with Crippen LogP contribution < -0.4 is 10.6 Å². The highest BCUT2D eigenvalue weighted by atomic mass is 16.2. The second-order valence-electron chi connectivity index (χ2n) is 3.84. The van der Waals surface area contributed by atoms with Gasteiger partial charge in [0.25, 0.3) is 0 Å². The van der Waals surface area contributed by atoms with Crippen LogP contribution in [0.2, 0.25) is 0 Å². The normalized spacial score (nSPS) is 19.4. The summed E-state index contributed by atoms with van der Waals surface area (Å²) in [7, 11) is 0. The minimum absolute atomic E-state index is 0.00952. The standard InChI is InChI=1S/C12H16N2O/c1-2-9-4-3-5-10(8-9)14-12(15)11-6-7-13-11/h3-5,8,11,13H,2,6-7H2,1H3,(H,14,15)/t11-/m1/s1. The molecule has 1 amide bonds. The number of hydrogen-bond donors (Lipinski definition) is 2. The zero-order chi connectivity index (χ0) is 10.7. The van der Waals surface area contributed by atoms with Crippen molar-refractivity contribution in [1.29, 1.82) is 0 Å². The maximum Gasteiger partial charge on any atom is 0.241 e. The lowest BCUT2D eigenvalue weighted by atomic mass is 10.1. The number of benzene rings is 1. The van der Waals surface area contributed by atoms with Crippen molar-refractivity contribution in [2.24, 2.45) is 0 Å². The van der Waals surface area contributed by atoms with E-state index in [-0.39, 0.29) is 11.9 Å². The summed E-state index contributed by atoms with van der Waals surface area (Å²) in [5.74, 6) is 0.0782. The van der Waals surface area contributed by atoms with Gasteiger partial charge < -0.3 is 10.6 Å². The Hall–Kier alpha value is -1.35. The Bertz CT molecular complexity index is 358. The Balaban J connectivity index is 1.99. The molecule has 0 saturated carbocycles. The fraction of sp³-hybridized carbons (Fsp3) is 0.417. The van der Waals surface area contributed by atoms with E-state index in [1.54, 1.807) is 0 Å². The highest BCUT2D eigenvalue weighted by Gasteiger charge is 2.24. The van der Waals surface area contributed by atoms with Crippen molar-refractivity contribution in [2.45, 2.75) is 25.8 Å². The van der Waals surface area contributed by atoms with E-state index in [0.29, 0.717) is 0 Å². The van der Waals surface area contributed by atoms with Gasteiger partial charge in [0.2, 0.25) is 5.91 Å². The molecule has 1 fully saturated rings. The summed E-state index contributed by atoms with van der Waals surface area (Å²) in [6.45, 7) is 3.06. The van der Waals surface area contributed by atoms with Crippen molar-refractivity contribution in [2.75, 3.05) is 11.9 Å². The predicted octanol–water partition coefficient (Wildman–Crippen LogP) is 1.55. The van der Waals surface area contributed by atoms with Crippen LogP contribution in [0.4, 0.5) is 5.69 Å². The van der Waals surface area contributed by atoms with Gasteiger partial charge in [0.05, 0.1) is 6.04 Å². The van der Waals surface area contributed by atoms with Crippen LogP contribution in [-0.4, -0.2) is 18.5 Å². The Labute approximate surface area is 89.9 Å². The second kappa shape index (κ2) is 4.45. The number of anilines is 1. The Kier molecular flexibility index (Phi) is 3.02. The molecule has 0 unspecified atom stereocenters. The van der Waals surface area contributed by atoms with Crippen LogP contribution in [0.15, 0.2) is 24.3 Å². The van der Waals surface area contributed by atoms with Gasteiger partial charge in [-0.05, 0) is 37.1 Å². The van der Waals surface area contributed by atoms with Gasteiger partial charge in [-0.3, -0.25) is 4.79 Å². The topological polar surface area (TPSA) is 41.1 Å². The zero-order valence-corrected chi connectivity index (χ0v) is 8.92. The monoisotopic (exact) mass is 204 g/mol. The Morgan fingerprint density at radius 1 is 1.60 bits per heavy atom. The first-order valence-corrected chi connectivity index (χ1v) is 5.43. The lowest BCUT2D eigenvalue weighted by Gasteiger charge is -2.26. The smallest absolute Gasteiger partial charge is 0.241 e. The van der Waals surface area contributed by atoms with Crippen LogP contribution in [0.5, 0.6) is 0 Å². The molecule has 1 aliphatic rings. The summed E-state index contributed by atoms with van der Waals surface area (Å²) in [5, 5.41) is 6.00. The second-order valence-corrected chi connectivity index (χ2v) is 3.84. The molecule has 2 N–H and O–H groups in total. The molecule has 0 radical (unpaired) electrons. The van der Waals surface area contributed by atoms with Crippen molar-refractivity contribution < 1.29 is 4.79 Å². The molecule has 1 aliphatic heterocycles. The van der Waals surface area contributed by atoms with Gasteiger partial charge in [0, 0.05) is 5.69 Å². The fourth-order valence-electron chi connectivity index (χ4n) is 1.61. The van der Waals surface area contributed by atoms with Gasteiger partial charge in [0.15, 0.2) is 0 Å². The SMILES string of the molecule is CCc1cccc(NC(=O)[C@H]2CCN2)c1. The predicted molar refractivity (Wildman–Crippen MR) is 60.9 cm³/mol. The maximum absolute atomic E-state index is 11.6. The number of nitrogens with one attached hydrogen (secondary N) is 2. The Morgan fingerprint density at radius 2 is 2.40 bits per heavy atom. The summed E-state index contributed by atoms with van der Waals surface area (Å²) in [4.78, 5) is 11.6. The number of amides is 1. The molecule has 0 bridgehead atoms. The summed E-state index contributed by atoms with van der Waals surface area (Å²) < 4.78 is 0. The van der Waals surface area contributed by atoms with E-state index >= 15 is 0 Å². The van der Waals surface area contributed by atoms with Crippen LogP contribution in [0.25, 0.3) is 0 Å². The molecule has 15 heavy (non-hydrogen) atoms. The van der Waals surface area contributed by atoms with E-state index in [9.17, 15) is 4.79 Å². The highest BCUT2D eigenvalue weighted by Crippen LogP contribution is 2.13. The van der Waals surface area contributed by atoms with E-state index in [2.05, 4.69) is 23.6 Å². The molecule has 0 spiro atoms. The quantitative estimate of drug-likeness (QED) is 0.784. The van der Waals surface area contributed by atoms with Crippen molar-refractivity contribution in [3.63, 3.8) is 0 Å². The molecule has 0 aromatic heterocycles. The molecule has 1 aromatic carbocycles. The summed E-state index contributed by atoms with van der Waals surface area (Å²) >= 11 is 0. The lowest BCUT2D eigenvalue weighted by molar-refractivity contribution is -0.119. The fourth-order valence-corrected chi connectivity index (χ4v) is 1.61. The molecular formula is C12H16N2O. The maximum atomic E-state index is 11.6. The van der Waals surface area contributed by atoms with Crippen LogP contribution in [0, 0.1) is 0 Å². The van der Waals surface area contributed by atoms with Crippen LogP contribution in [0.3, 0.4) is 0 Å². The number of hydrogen-bond acceptors (Lipinski definition) is 2. The van der Waals surface area contributed by atoms with E-state index in [4.69, 9.17) is 0 Å². The molecule has 80 valence electrons. The first-order chi connectivity index (χ1) is 7.29. The molecule has 1 aromatic rings. The van der Waals surface area contributed by atoms with E-state index in [1.165, 1.54) is 5.56 Å². The number of carbonyl (C=O) groups is 1. The van der Waals surface area contributed by atoms with Gasteiger partial charge in [-0.15, -0.1) is 0 Å². The van der Waals surface area contributed by atoms with E-state index < -0.39 is 0 Å². The van der Waals surface area contributed by atoms with E-state index in [1.807, 2.05) is 18.2 Å². The molecular weight excluding hydrogens is 188 g/mol. The van der Waals surface area contributed by atoms with Gasteiger partial charge in [-0.1, -0.05) is 19.1 Å². The zero-order valence-electron chi connectivity index (χ0n) is 8.92. The third-order valence-corrected chi connectivity index (χ3v) is 2.74. The average Bonchev–Trinajstić information content (AvgIpc) is 2.15. The molecule has 2 rings (SSSR count). The molecule has 1 heterocycles. The minimum Gasteiger partial charge on any atom is -0.325 e. The molecule has 1 saturated heterocycles. The first-order valence-electron chi connectivity index (χ1n) is 5.43. The van der Waals surface area contributed by atoms with Gasteiger partial charge >= 0.3 is 0 Å². The third kappa shape index (κ3) is 2.36. The largest absolute Gasteiger partial charge is 0.325 e. The average molecular weight is 204 g/mol. The van der Waals surface area contributed by atoms with Crippen molar-refractivity contribution in [3.8, 4) is 0 Å². The van der Waals surface area contributed by atoms with Crippen molar-refractivity contribution in [1.82, 2.24) is 5.32 Å². The first kappa shape index (κ1) is 10.2. The van der Waals surface area contributed by atoms with Crippen LogP contribution in [0.1, 0.15) is 18.9 Å². The summed E-state index contributed by atoms with van der Waals surface area (Å²) in [6.07, 6.45) is 1.94. The summed E-state index contributed by atoms with van der Waals surface area (Å²) in [6, 6.07) is 8.00. The van der Waals surface area contributed by atoms with Gasteiger partial charge in [-0.25, -0.2) is 0 Å². The highest BCUT2D eigenvalue weighted by molar-refractivity contribution is 5.95. The minimum atomic E-state index is 0.00952. The lowest BCUT2D eigenvalue weighted by Crippen LogP contribution is -2.50. The molecule has 3 nitrogen and oxygen atoms in total. The van der Waals surface area contributed by atoms with Crippen molar-refractivity contribution in [3.05, 3.63) is 29.8 Å².